The van der Waals surface area contributed by atoms with Gasteiger partial charge in [0.25, 0.3) is 0 Å². The Bertz CT molecular complexity index is 1820. The van der Waals surface area contributed by atoms with Crippen LogP contribution in [0, 0.1) is 0 Å². The highest BCUT2D eigenvalue weighted by atomic mass is 15.4. The summed E-state index contributed by atoms with van der Waals surface area (Å²) >= 11 is 0. The molecule has 0 bridgehead atoms. The number of nitrogens with two attached hydrogens (primary N) is 1. The van der Waals surface area contributed by atoms with E-state index in [1.54, 1.807) is 17.1 Å². The molecule has 0 fully saturated rings. The molecule has 194 valence electrons. The molecular formula is C29H28N10. The Morgan fingerprint density at radius 3 is 2.67 bits per heavy atom. The van der Waals surface area contributed by atoms with Crippen molar-refractivity contribution in [1.82, 2.24) is 44.3 Å². The lowest BCUT2D eigenvalue weighted by Gasteiger charge is -2.15. The van der Waals surface area contributed by atoms with Crippen molar-refractivity contribution in [2.75, 3.05) is 5.73 Å². The molecule has 0 spiro atoms. The van der Waals surface area contributed by atoms with Crippen LogP contribution in [0.5, 0.6) is 0 Å². The third kappa shape index (κ3) is 3.87. The summed E-state index contributed by atoms with van der Waals surface area (Å²) in [4.78, 5) is 14.2. The minimum absolute atomic E-state index is 0.0431. The maximum absolute atomic E-state index is 6.32. The largest absolute Gasteiger partial charge is 0.383 e. The molecule has 39 heavy (non-hydrogen) atoms. The number of nitrogen functional groups attached to an aromatic ring is 1. The normalized spacial score (nSPS) is 15.2. The van der Waals surface area contributed by atoms with E-state index in [1.807, 2.05) is 41.2 Å². The second-order valence-corrected chi connectivity index (χ2v) is 10.9. The quantitative estimate of drug-likeness (QED) is 0.362. The van der Waals surface area contributed by atoms with Crippen LogP contribution in [0.15, 0.2) is 73.3 Å². The maximum atomic E-state index is 6.32. The van der Waals surface area contributed by atoms with Crippen LogP contribution in [-0.4, -0.2) is 44.3 Å². The van der Waals surface area contributed by atoms with E-state index in [0.29, 0.717) is 17.5 Å². The van der Waals surface area contributed by atoms with E-state index in [9.17, 15) is 0 Å². The van der Waals surface area contributed by atoms with E-state index in [2.05, 4.69) is 70.1 Å². The van der Waals surface area contributed by atoms with Crippen LogP contribution >= 0.6 is 0 Å². The van der Waals surface area contributed by atoms with Crippen LogP contribution < -0.4 is 5.73 Å². The predicted octanol–water partition coefficient (Wildman–Crippen LogP) is 4.68. The fourth-order valence-corrected chi connectivity index (χ4v) is 5.28. The summed E-state index contributed by atoms with van der Waals surface area (Å²) in [6.45, 7) is 6.47. The molecule has 0 aliphatic heterocycles. The van der Waals surface area contributed by atoms with Gasteiger partial charge < -0.3 is 5.73 Å². The maximum Gasteiger partial charge on any atom is 0.167 e. The average molecular weight is 517 g/mol. The molecule has 0 unspecified atom stereocenters. The summed E-state index contributed by atoms with van der Waals surface area (Å²) in [7, 11) is 0. The van der Waals surface area contributed by atoms with Crippen LogP contribution in [0.1, 0.15) is 50.1 Å². The molecule has 1 aromatic carbocycles. The van der Waals surface area contributed by atoms with Gasteiger partial charge in [-0.15, -0.1) is 5.10 Å². The summed E-state index contributed by atoms with van der Waals surface area (Å²) < 4.78 is 5.82. The molecule has 2 N–H and O–H groups in total. The lowest BCUT2D eigenvalue weighted by atomic mass is 9.93. The molecule has 0 radical (unpaired) electrons. The first kappa shape index (κ1) is 23.3. The van der Waals surface area contributed by atoms with Crippen LogP contribution in [-0.2, 0) is 11.8 Å². The minimum atomic E-state index is -0.0431. The van der Waals surface area contributed by atoms with Gasteiger partial charge in [0, 0.05) is 35.9 Å². The summed E-state index contributed by atoms with van der Waals surface area (Å²) in [6.07, 6.45) is 9.30. The van der Waals surface area contributed by atoms with Gasteiger partial charge >= 0.3 is 0 Å². The first-order chi connectivity index (χ1) is 18.9. The van der Waals surface area contributed by atoms with Crippen molar-refractivity contribution in [3.05, 3.63) is 90.1 Å². The van der Waals surface area contributed by atoms with Crippen molar-refractivity contribution in [1.29, 1.82) is 0 Å². The second kappa shape index (κ2) is 8.59. The van der Waals surface area contributed by atoms with Gasteiger partial charge in [-0.25, -0.2) is 24.3 Å². The fraction of sp³-hybridized carbons (Fsp3) is 0.241. The van der Waals surface area contributed by atoms with Gasteiger partial charge in [-0.1, -0.05) is 32.1 Å². The van der Waals surface area contributed by atoms with E-state index in [0.717, 1.165) is 41.0 Å². The molecule has 0 saturated heterocycles. The molecule has 7 rings (SSSR count). The van der Waals surface area contributed by atoms with Crippen molar-refractivity contribution in [2.45, 2.75) is 45.1 Å². The number of imidazole rings is 1. The number of aryl methyl sites for hydroxylation is 1. The van der Waals surface area contributed by atoms with E-state index >= 15 is 0 Å². The lowest BCUT2D eigenvalue weighted by Crippen LogP contribution is -2.12. The van der Waals surface area contributed by atoms with Gasteiger partial charge in [-0.3, -0.25) is 4.57 Å². The minimum Gasteiger partial charge on any atom is -0.383 e. The third-order valence-electron chi connectivity index (χ3n) is 7.34. The van der Waals surface area contributed by atoms with Crippen molar-refractivity contribution in [3.8, 4) is 22.9 Å². The van der Waals surface area contributed by atoms with Crippen molar-refractivity contribution < 1.29 is 0 Å². The number of rotatable bonds is 4. The van der Waals surface area contributed by atoms with E-state index < -0.39 is 0 Å². The summed E-state index contributed by atoms with van der Waals surface area (Å²) in [5, 5.41) is 13.3. The van der Waals surface area contributed by atoms with Gasteiger partial charge in [0.2, 0.25) is 0 Å². The number of fused-ring (bicyclic) bond motifs is 2. The number of nitrogens with zero attached hydrogens (tertiary/aromatic N) is 9. The predicted molar refractivity (Wildman–Crippen MR) is 149 cm³/mol. The standard InChI is InChI=1S/C29H28N10/c1-29(2,3)24-17-38(36-35-24)23-11-7-18-16-19(8-9-20(18)23)39-27(21-6-4-13-31-26(21)30)33-22-10-12-25(34-28(22)39)37-15-5-14-32-37/h4-6,8-10,12-17,23H,7,11H2,1-3H3,(H2,30,31)/t23-/m0/s1. The van der Waals surface area contributed by atoms with Crippen molar-refractivity contribution in [3.63, 3.8) is 0 Å². The zero-order valence-corrected chi connectivity index (χ0v) is 22.0. The van der Waals surface area contributed by atoms with E-state index in [-0.39, 0.29) is 11.5 Å². The smallest absolute Gasteiger partial charge is 0.167 e. The number of benzene rings is 1. The number of aromatic nitrogens is 9. The first-order valence-electron chi connectivity index (χ1n) is 13.0. The Kier molecular flexibility index (Phi) is 5.12. The number of hydrogen-bond donors (Lipinski definition) is 1. The lowest BCUT2D eigenvalue weighted by molar-refractivity contribution is 0.504. The Morgan fingerprint density at radius 1 is 1.00 bits per heavy atom. The topological polar surface area (TPSA) is 118 Å². The van der Waals surface area contributed by atoms with Crippen LogP contribution in [0.25, 0.3) is 34.1 Å². The Labute approximate surface area is 225 Å². The molecule has 6 aromatic rings. The Balaban J connectivity index is 1.37. The van der Waals surface area contributed by atoms with Gasteiger partial charge in [0.15, 0.2) is 17.3 Å². The highest BCUT2D eigenvalue weighted by Gasteiger charge is 2.28. The third-order valence-corrected chi connectivity index (χ3v) is 7.34. The average Bonchev–Trinajstić information content (AvgIpc) is 3.72. The van der Waals surface area contributed by atoms with Crippen LogP contribution in [0.2, 0.25) is 0 Å². The molecule has 0 amide bonds. The van der Waals surface area contributed by atoms with Crippen LogP contribution in [0.3, 0.4) is 0 Å². The van der Waals surface area contributed by atoms with Crippen molar-refractivity contribution >= 4 is 17.0 Å². The summed E-state index contributed by atoms with van der Waals surface area (Å²) in [5.41, 5.74) is 13.0. The monoisotopic (exact) mass is 516 g/mol. The Morgan fingerprint density at radius 2 is 1.90 bits per heavy atom. The molecule has 1 aliphatic carbocycles. The number of hydrogen-bond acceptors (Lipinski definition) is 7. The first-order valence-corrected chi connectivity index (χ1v) is 13.0. The van der Waals surface area contributed by atoms with Crippen LogP contribution in [0.4, 0.5) is 5.82 Å². The fourth-order valence-electron chi connectivity index (χ4n) is 5.28. The van der Waals surface area contributed by atoms with Gasteiger partial charge in [-0.05, 0) is 66.4 Å². The van der Waals surface area contributed by atoms with E-state index in [4.69, 9.17) is 15.7 Å². The highest BCUT2D eigenvalue weighted by molar-refractivity contribution is 5.83. The highest BCUT2D eigenvalue weighted by Crippen LogP contribution is 2.37. The Hall–Kier alpha value is -4.86. The SMILES string of the molecule is CC(C)(C)c1cn([C@H]2CCc3cc(-n4c(-c5cccnc5N)nc5ccc(-n6cccn6)nc54)ccc32)nn1. The molecule has 5 aromatic heterocycles. The molecule has 10 nitrogen and oxygen atoms in total. The molecule has 5 heterocycles. The zero-order valence-electron chi connectivity index (χ0n) is 22.0. The molecular weight excluding hydrogens is 488 g/mol. The molecule has 0 saturated carbocycles. The van der Waals surface area contributed by atoms with Gasteiger partial charge in [0.1, 0.15) is 11.3 Å². The van der Waals surface area contributed by atoms with Gasteiger partial charge in [0.05, 0.1) is 17.3 Å². The van der Waals surface area contributed by atoms with Gasteiger partial charge in [-0.2, -0.15) is 5.10 Å². The number of pyridine rings is 2. The molecule has 1 atom stereocenters. The zero-order chi connectivity index (χ0) is 26.7. The summed E-state index contributed by atoms with van der Waals surface area (Å²) in [6, 6.07) is 16.3. The molecule has 10 heteroatoms. The second-order valence-electron chi connectivity index (χ2n) is 10.9. The molecule has 1 aliphatic rings. The van der Waals surface area contributed by atoms with Crippen molar-refractivity contribution in [2.24, 2.45) is 0 Å². The number of anilines is 1. The summed E-state index contributed by atoms with van der Waals surface area (Å²) in [5.74, 6) is 1.83. The van der Waals surface area contributed by atoms with E-state index in [1.165, 1.54) is 11.1 Å².